The van der Waals surface area contributed by atoms with Crippen LogP contribution in [0.3, 0.4) is 0 Å². The lowest BCUT2D eigenvalue weighted by Crippen LogP contribution is -2.42. The maximum absolute atomic E-state index is 9.94. The molecule has 0 amide bonds. The van der Waals surface area contributed by atoms with Gasteiger partial charge in [0.2, 0.25) is 0 Å². The molecule has 1 aromatic carbocycles. The molecular weight excluding hydrogens is 290 g/mol. The molecule has 2 heterocycles. The number of amidine groups is 1. The number of aliphatic imine (C=N–C) groups is 1. The molecule has 0 saturated carbocycles. The lowest BCUT2D eigenvalue weighted by Gasteiger charge is -2.25. The molecule has 108 valence electrons. The van der Waals surface area contributed by atoms with Crippen LogP contribution in [0.15, 0.2) is 29.0 Å². The Morgan fingerprint density at radius 1 is 1.52 bits per heavy atom. The highest BCUT2D eigenvalue weighted by molar-refractivity contribution is 6.32. The Balaban J connectivity index is 1.98. The van der Waals surface area contributed by atoms with Gasteiger partial charge in [-0.25, -0.2) is 0 Å². The predicted molar refractivity (Wildman–Crippen MR) is 79.8 cm³/mol. The first-order chi connectivity index (χ1) is 9.97. The molecule has 21 heavy (non-hydrogen) atoms. The largest absolute Gasteiger partial charge is 0.510 e. The predicted octanol–water partition coefficient (Wildman–Crippen LogP) is 3.05. The van der Waals surface area contributed by atoms with Crippen LogP contribution in [0.1, 0.15) is 18.1 Å². The van der Waals surface area contributed by atoms with Crippen molar-refractivity contribution < 1.29 is 9.84 Å². The number of hydrogen-bond donors (Lipinski definition) is 1. The molecule has 0 radical (unpaired) electrons. The van der Waals surface area contributed by atoms with Crippen LogP contribution in [0, 0.1) is 18.3 Å². The van der Waals surface area contributed by atoms with Crippen molar-refractivity contribution in [3.05, 3.63) is 40.1 Å². The molecule has 2 aliphatic heterocycles. The van der Waals surface area contributed by atoms with E-state index in [1.165, 1.54) is 0 Å². The second-order valence-corrected chi connectivity index (χ2v) is 5.72. The van der Waals surface area contributed by atoms with E-state index in [-0.39, 0.29) is 0 Å². The fraction of sp³-hybridized carbons (Fsp3) is 0.333. The van der Waals surface area contributed by atoms with Gasteiger partial charge in [0.05, 0.1) is 16.3 Å². The highest BCUT2D eigenvalue weighted by Gasteiger charge is 2.48. The molecule has 1 atom stereocenters. The van der Waals surface area contributed by atoms with Crippen molar-refractivity contribution in [1.29, 1.82) is 5.26 Å². The number of halogens is 1. The zero-order valence-corrected chi connectivity index (χ0v) is 12.5. The monoisotopic (exact) mass is 303 g/mol. The van der Waals surface area contributed by atoms with Crippen LogP contribution in [0.5, 0.6) is 0 Å². The summed E-state index contributed by atoms with van der Waals surface area (Å²) >= 11 is 6.15. The third-order valence-electron chi connectivity index (χ3n) is 4.02. The van der Waals surface area contributed by atoms with Crippen molar-refractivity contribution in [1.82, 2.24) is 4.90 Å². The number of hydrogen-bond acceptors (Lipinski definition) is 4. The summed E-state index contributed by atoms with van der Waals surface area (Å²) in [5, 5.41) is 19.3. The average molecular weight is 304 g/mol. The average Bonchev–Trinajstić information content (AvgIpc) is 2.94. The van der Waals surface area contributed by atoms with Gasteiger partial charge in [0.15, 0.2) is 0 Å². The van der Waals surface area contributed by atoms with Gasteiger partial charge in [-0.2, -0.15) is 10.3 Å². The number of aliphatic hydroxyl groups is 1. The SMILES string of the molecule is Cc1c(/N=C2\OC[C@]3(C)C(O)=CCN23)ccc(C#N)c1Cl. The molecule has 0 unspecified atom stereocenters. The molecule has 1 aromatic rings. The molecule has 1 fully saturated rings. The van der Waals surface area contributed by atoms with E-state index in [4.69, 9.17) is 21.6 Å². The van der Waals surface area contributed by atoms with Crippen molar-refractivity contribution in [2.24, 2.45) is 4.99 Å². The maximum Gasteiger partial charge on any atom is 0.293 e. The standard InChI is InChI=1S/C15H14ClN3O2/c1-9-11(4-3-10(7-17)13(9)16)18-14-19-6-5-12(20)15(19,2)8-21-14/h3-5,20H,6,8H2,1-2H3/b18-14-/t15-/m1/s1. The summed E-state index contributed by atoms with van der Waals surface area (Å²) in [6.45, 7) is 4.64. The van der Waals surface area contributed by atoms with Gasteiger partial charge in [-0.3, -0.25) is 0 Å². The topological polar surface area (TPSA) is 68.8 Å². The van der Waals surface area contributed by atoms with Crippen molar-refractivity contribution in [3.63, 3.8) is 0 Å². The normalized spacial score (nSPS) is 25.5. The van der Waals surface area contributed by atoms with Gasteiger partial charge >= 0.3 is 0 Å². The smallest absolute Gasteiger partial charge is 0.293 e. The van der Waals surface area contributed by atoms with E-state index < -0.39 is 5.54 Å². The van der Waals surface area contributed by atoms with E-state index in [0.717, 1.165) is 5.56 Å². The van der Waals surface area contributed by atoms with E-state index in [9.17, 15) is 5.11 Å². The second-order valence-electron chi connectivity index (χ2n) is 5.34. The summed E-state index contributed by atoms with van der Waals surface area (Å²) in [4.78, 5) is 6.41. The van der Waals surface area contributed by atoms with Gasteiger partial charge in [-0.15, -0.1) is 0 Å². The quantitative estimate of drug-likeness (QED) is 0.865. The van der Waals surface area contributed by atoms with Gasteiger partial charge in [0.1, 0.15) is 24.0 Å². The van der Waals surface area contributed by atoms with E-state index in [1.807, 2.05) is 24.8 Å². The Morgan fingerprint density at radius 2 is 2.29 bits per heavy atom. The van der Waals surface area contributed by atoms with Gasteiger partial charge in [-0.1, -0.05) is 11.6 Å². The lowest BCUT2D eigenvalue weighted by atomic mass is 10.0. The minimum atomic E-state index is -0.539. The van der Waals surface area contributed by atoms with E-state index >= 15 is 0 Å². The number of fused-ring (bicyclic) bond motifs is 1. The van der Waals surface area contributed by atoms with Crippen LogP contribution in [0.4, 0.5) is 5.69 Å². The third-order valence-corrected chi connectivity index (χ3v) is 4.51. The number of aliphatic hydroxyl groups excluding tert-OH is 1. The van der Waals surface area contributed by atoms with Crippen molar-refractivity contribution in [2.45, 2.75) is 19.4 Å². The minimum absolute atomic E-state index is 0.308. The van der Waals surface area contributed by atoms with Crippen LogP contribution in [0.2, 0.25) is 5.02 Å². The first-order valence-electron chi connectivity index (χ1n) is 6.55. The number of nitrogens with zero attached hydrogens (tertiary/aromatic N) is 3. The fourth-order valence-electron chi connectivity index (χ4n) is 2.54. The first-order valence-corrected chi connectivity index (χ1v) is 6.93. The van der Waals surface area contributed by atoms with E-state index in [2.05, 4.69) is 4.99 Å². The van der Waals surface area contributed by atoms with Crippen molar-refractivity contribution in [3.8, 4) is 6.07 Å². The first kappa shape index (κ1) is 13.8. The Labute approximate surface area is 127 Å². The van der Waals surface area contributed by atoms with E-state index in [0.29, 0.717) is 41.2 Å². The molecule has 3 rings (SSSR count). The highest BCUT2D eigenvalue weighted by Crippen LogP contribution is 2.36. The number of benzene rings is 1. The summed E-state index contributed by atoms with van der Waals surface area (Å²) in [5.74, 6) is 0.308. The molecule has 1 N–H and O–H groups in total. The molecule has 0 bridgehead atoms. The summed E-state index contributed by atoms with van der Waals surface area (Å²) in [6, 6.07) is 5.89. The van der Waals surface area contributed by atoms with Gasteiger partial charge in [0.25, 0.3) is 6.02 Å². The second kappa shape index (κ2) is 4.68. The maximum atomic E-state index is 9.94. The summed E-state index contributed by atoms with van der Waals surface area (Å²) in [6.07, 6.45) is 1.76. The molecule has 5 nitrogen and oxygen atoms in total. The number of rotatable bonds is 1. The third kappa shape index (κ3) is 1.95. The Hall–Kier alpha value is -2.19. The van der Waals surface area contributed by atoms with Crippen LogP contribution >= 0.6 is 11.6 Å². The molecule has 1 saturated heterocycles. The zero-order chi connectivity index (χ0) is 15.2. The Morgan fingerprint density at radius 3 is 3.00 bits per heavy atom. The lowest BCUT2D eigenvalue weighted by molar-refractivity contribution is 0.202. The van der Waals surface area contributed by atoms with Crippen LogP contribution in [-0.4, -0.2) is 34.7 Å². The van der Waals surface area contributed by atoms with Gasteiger partial charge in [0, 0.05) is 6.54 Å². The molecule has 0 spiro atoms. The summed E-state index contributed by atoms with van der Waals surface area (Å²) in [7, 11) is 0. The molecule has 0 aliphatic carbocycles. The van der Waals surface area contributed by atoms with Crippen LogP contribution in [-0.2, 0) is 4.74 Å². The zero-order valence-electron chi connectivity index (χ0n) is 11.7. The number of nitriles is 1. The fourth-order valence-corrected chi connectivity index (χ4v) is 2.74. The van der Waals surface area contributed by atoms with Gasteiger partial charge in [-0.05, 0) is 37.6 Å². The highest BCUT2D eigenvalue weighted by atomic mass is 35.5. The van der Waals surface area contributed by atoms with Crippen LogP contribution in [0.25, 0.3) is 0 Å². The molecular formula is C15H14ClN3O2. The minimum Gasteiger partial charge on any atom is -0.510 e. The summed E-state index contributed by atoms with van der Waals surface area (Å²) < 4.78 is 5.62. The van der Waals surface area contributed by atoms with Crippen molar-refractivity contribution >= 4 is 23.3 Å². The molecule has 0 aromatic heterocycles. The van der Waals surface area contributed by atoms with E-state index in [1.54, 1.807) is 18.2 Å². The number of ether oxygens (including phenoxy) is 1. The molecule has 2 aliphatic rings. The van der Waals surface area contributed by atoms with Gasteiger partial charge < -0.3 is 14.7 Å². The van der Waals surface area contributed by atoms with Crippen LogP contribution < -0.4 is 0 Å². The van der Waals surface area contributed by atoms with Crippen molar-refractivity contribution in [2.75, 3.05) is 13.2 Å². The summed E-state index contributed by atoms with van der Waals surface area (Å²) in [5.41, 5.74) is 1.28. The molecule has 6 heteroatoms. The Bertz CT molecular complexity index is 720. The Kier molecular flexibility index (Phi) is 3.07.